The quantitative estimate of drug-likeness (QED) is 0.486. The van der Waals surface area contributed by atoms with E-state index in [-0.39, 0.29) is 11.7 Å². The monoisotopic (exact) mass is 350 g/mol. The van der Waals surface area contributed by atoms with E-state index < -0.39 is 0 Å². The summed E-state index contributed by atoms with van der Waals surface area (Å²) >= 11 is 3.27. The molecular weight excluding hydrogens is 336 g/mol. The number of aromatic nitrogens is 1. The Kier molecular flexibility index (Phi) is 5.13. The molecule has 21 heavy (non-hydrogen) atoms. The van der Waals surface area contributed by atoms with Gasteiger partial charge in [0, 0.05) is 17.2 Å². The van der Waals surface area contributed by atoms with Crippen molar-refractivity contribution in [2.75, 3.05) is 12.0 Å². The Labute approximate surface area is 130 Å². The number of rotatable bonds is 5. The van der Waals surface area contributed by atoms with E-state index in [1.165, 1.54) is 0 Å². The fourth-order valence-corrected chi connectivity index (χ4v) is 2.14. The van der Waals surface area contributed by atoms with Gasteiger partial charge >= 0.3 is 0 Å². The van der Waals surface area contributed by atoms with E-state index in [4.69, 9.17) is 5.84 Å². The normalized spacial score (nSPS) is 10.2. The number of hydrazine groups is 1. The maximum absolute atomic E-state index is 12.1. The average Bonchev–Trinajstić information content (AvgIpc) is 2.49. The third kappa shape index (κ3) is 4.17. The Morgan fingerprint density at radius 1 is 1.33 bits per heavy atom. The molecule has 0 unspecified atom stereocenters. The van der Waals surface area contributed by atoms with Gasteiger partial charge in [0.1, 0.15) is 5.75 Å². The average molecular weight is 351 g/mol. The number of carbonyl (C=O) groups excluding carboxylic acids is 1. The number of anilines is 1. The minimum absolute atomic E-state index is 0.224. The minimum atomic E-state index is -0.254. The van der Waals surface area contributed by atoms with Crippen molar-refractivity contribution in [2.45, 2.75) is 6.42 Å². The lowest BCUT2D eigenvalue weighted by Crippen LogP contribution is -2.27. The van der Waals surface area contributed by atoms with Crippen molar-refractivity contribution in [3.63, 3.8) is 0 Å². The predicted octanol–water partition coefficient (Wildman–Crippen LogP) is 1.81. The van der Waals surface area contributed by atoms with E-state index in [1.54, 1.807) is 24.4 Å². The third-order valence-corrected chi connectivity index (χ3v) is 3.30. The van der Waals surface area contributed by atoms with Crippen LogP contribution in [-0.2, 0) is 6.42 Å². The van der Waals surface area contributed by atoms with E-state index >= 15 is 0 Å². The van der Waals surface area contributed by atoms with E-state index in [1.807, 2.05) is 12.1 Å². The van der Waals surface area contributed by atoms with Gasteiger partial charge in [-0.3, -0.25) is 4.79 Å². The van der Waals surface area contributed by atoms with Gasteiger partial charge in [-0.25, -0.2) is 10.8 Å². The number of benzene rings is 1. The molecule has 1 amide bonds. The van der Waals surface area contributed by atoms with Crippen molar-refractivity contribution in [2.24, 2.45) is 5.84 Å². The van der Waals surface area contributed by atoms with Crippen LogP contribution in [0.1, 0.15) is 15.9 Å². The van der Waals surface area contributed by atoms with Crippen LogP contribution in [0.5, 0.6) is 5.75 Å². The molecule has 0 aliphatic heterocycles. The summed E-state index contributed by atoms with van der Waals surface area (Å²) in [6, 6.07) is 8.51. The van der Waals surface area contributed by atoms with Gasteiger partial charge in [0.15, 0.2) is 5.82 Å². The summed E-state index contributed by atoms with van der Waals surface area (Å²) in [6.45, 7) is 0.472. The number of hydrogen-bond acceptors (Lipinski definition) is 5. The predicted molar refractivity (Wildman–Crippen MR) is 83.9 cm³/mol. The zero-order chi connectivity index (χ0) is 15.2. The van der Waals surface area contributed by atoms with Crippen molar-refractivity contribution in [3.8, 4) is 5.75 Å². The number of nitrogens with two attached hydrogens (primary N) is 1. The number of hydrogen-bond donors (Lipinski definition) is 4. The smallest absolute Gasteiger partial charge is 0.255 e. The molecule has 2 aromatic rings. The molecule has 2 rings (SSSR count). The molecular formula is C14H15BrN4O2. The number of nitrogens with one attached hydrogen (secondary N) is 2. The molecule has 0 bridgehead atoms. The Morgan fingerprint density at radius 3 is 2.71 bits per heavy atom. The molecule has 0 aliphatic carbocycles. The summed E-state index contributed by atoms with van der Waals surface area (Å²) in [5.74, 6) is 5.63. The molecule has 1 aromatic heterocycles. The van der Waals surface area contributed by atoms with E-state index in [0.717, 1.165) is 5.56 Å². The second-order valence-electron chi connectivity index (χ2n) is 4.37. The van der Waals surface area contributed by atoms with Gasteiger partial charge in [0.2, 0.25) is 0 Å². The van der Waals surface area contributed by atoms with Crippen LogP contribution in [0, 0.1) is 0 Å². The molecule has 0 fully saturated rings. The van der Waals surface area contributed by atoms with Crippen LogP contribution >= 0.6 is 15.9 Å². The number of aromatic hydroxyl groups is 1. The van der Waals surface area contributed by atoms with Crippen molar-refractivity contribution < 1.29 is 9.90 Å². The first kappa shape index (κ1) is 15.3. The molecule has 1 heterocycles. The molecule has 7 heteroatoms. The number of pyridine rings is 1. The second-order valence-corrected chi connectivity index (χ2v) is 5.28. The highest BCUT2D eigenvalue weighted by Crippen LogP contribution is 2.17. The summed E-state index contributed by atoms with van der Waals surface area (Å²) in [4.78, 5) is 16.1. The number of carbonyl (C=O) groups is 1. The first-order chi connectivity index (χ1) is 10.1. The van der Waals surface area contributed by atoms with Crippen molar-refractivity contribution in [1.29, 1.82) is 0 Å². The lowest BCUT2D eigenvalue weighted by atomic mass is 10.1. The van der Waals surface area contributed by atoms with Crippen LogP contribution < -0.4 is 16.6 Å². The number of halogens is 1. The van der Waals surface area contributed by atoms with Crippen LogP contribution in [-0.4, -0.2) is 22.5 Å². The molecule has 6 nitrogen and oxygen atoms in total. The van der Waals surface area contributed by atoms with Gasteiger partial charge in [-0.05, 0) is 46.1 Å². The maximum Gasteiger partial charge on any atom is 0.255 e. The first-order valence-corrected chi connectivity index (χ1v) is 7.07. The Hall–Kier alpha value is -2.12. The number of phenols is 1. The van der Waals surface area contributed by atoms with Crippen LogP contribution in [0.25, 0.3) is 0 Å². The van der Waals surface area contributed by atoms with Crippen molar-refractivity contribution >= 4 is 27.7 Å². The van der Waals surface area contributed by atoms with Gasteiger partial charge in [0.25, 0.3) is 5.91 Å². The van der Waals surface area contributed by atoms with Crippen LogP contribution in [0.4, 0.5) is 5.82 Å². The number of nitrogens with zero attached hydrogens (tertiary/aromatic N) is 1. The van der Waals surface area contributed by atoms with Gasteiger partial charge in [0.05, 0.1) is 5.56 Å². The van der Waals surface area contributed by atoms with Gasteiger partial charge < -0.3 is 15.8 Å². The zero-order valence-electron chi connectivity index (χ0n) is 11.1. The molecule has 0 aliphatic rings. The molecule has 0 radical (unpaired) electrons. The second kappa shape index (κ2) is 7.05. The molecule has 1 aromatic carbocycles. The first-order valence-electron chi connectivity index (χ1n) is 6.28. The Bertz CT molecular complexity index is 631. The molecule has 0 saturated carbocycles. The van der Waals surface area contributed by atoms with Gasteiger partial charge in [-0.2, -0.15) is 0 Å². The topological polar surface area (TPSA) is 100 Å². The standard InChI is InChI=1S/C14H15BrN4O2/c15-10-7-12(13(19-16)18-8-10)14(21)17-6-5-9-1-3-11(20)4-2-9/h1-4,7-8,20H,5-6,16H2,(H,17,21)(H,18,19). The number of phenolic OH excluding ortho intramolecular Hbond substituents is 1. The van der Waals surface area contributed by atoms with Crippen LogP contribution in [0.2, 0.25) is 0 Å². The molecule has 110 valence electrons. The Morgan fingerprint density at radius 2 is 2.05 bits per heavy atom. The van der Waals surface area contributed by atoms with Crippen molar-refractivity contribution in [3.05, 3.63) is 52.1 Å². The fourth-order valence-electron chi connectivity index (χ4n) is 1.81. The van der Waals surface area contributed by atoms with Crippen LogP contribution in [0.3, 0.4) is 0 Å². The Balaban J connectivity index is 1.95. The summed E-state index contributed by atoms with van der Waals surface area (Å²) < 4.78 is 0.699. The fraction of sp³-hybridized carbons (Fsp3) is 0.143. The molecule has 0 atom stereocenters. The largest absolute Gasteiger partial charge is 0.508 e. The summed E-state index contributed by atoms with van der Waals surface area (Å²) in [5, 5.41) is 12.0. The van der Waals surface area contributed by atoms with E-state index in [0.29, 0.717) is 28.8 Å². The van der Waals surface area contributed by atoms with E-state index in [2.05, 4.69) is 31.7 Å². The lowest BCUT2D eigenvalue weighted by Gasteiger charge is -2.09. The van der Waals surface area contributed by atoms with Crippen molar-refractivity contribution in [1.82, 2.24) is 10.3 Å². The zero-order valence-corrected chi connectivity index (χ0v) is 12.7. The molecule has 0 saturated heterocycles. The number of amides is 1. The molecule has 5 N–H and O–H groups in total. The minimum Gasteiger partial charge on any atom is -0.508 e. The maximum atomic E-state index is 12.1. The van der Waals surface area contributed by atoms with Gasteiger partial charge in [-0.15, -0.1) is 0 Å². The highest BCUT2D eigenvalue weighted by molar-refractivity contribution is 9.10. The third-order valence-electron chi connectivity index (χ3n) is 2.87. The summed E-state index contributed by atoms with van der Waals surface area (Å²) in [6.07, 6.45) is 2.22. The SMILES string of the molecule is NNc1ncc(Br)cc1C(=O)NCCc1ccc(O)cc1. The molecule has 0 spiro atoms. The highest BCUT2D eigenvalue weighted by Gasteiger charge is 2.12. The van der Waals surface area contributed by atoms with Gasteiger partial charge in [-0.1, -0.05) is 12.1 Å². The number of nitrogen functional groups attached to an aromatic ring is 1. The lowest BCUT2D eigenvalue weighted by molar-refractivity contribution is 0.0954. The highest BCUT2D eigenvalue weighted by atomic mass is 79.9. The van der Waals surface area contributed by atoms with Crippen LogP contribution in [0.15, 0.2) is 41.0 Å². The summed E-state index contributed by atoms with van der Waals surface area (Å²) in [5.41, 5.74) is 3.80. The van der Waals surface area contributed by atoms with E-state index in [9.17, 15) is 9.90 Å². The summed E-state index contributed by atoms with van der Waals surface area (Å²) in [7, 11) is 0.